The second kappa shape index (κ2) is 6.13. The molecule has 0 aliphatic carbocycles. The number of halogens is 1. The lowest BCUT2D eigenvalue weighted by Crippen LogP contribution is -2.26. The fraction of sp³-hybridized carbons (Fsp3) is 0.133. The molecule has 1 amide bonds. The molecule has 0 bridgehead atoms. The van der Waals surface area contributed by atoms with E-state index in [1.165, 1.54) is 11.0 Å². The van der Waals surface area contributed by atoms with Crippen LogP contribution in [-0.2, 0) is 0 Å². The molecule has 0 atom stereocenters. The zero-order chi connectivity index (χ0) is 14.7. The molecular formula is C15H14INO3. The Labute approximate surface area is 131 Å². The number of carbonyl (C=O) groups is 1. The van der Waals surface area contributed by atoms with E-state index in [1.807, 2.05) is 40.8 Å². The van der Waals surface area contributed by atoms with Crippen molar-refractivity contribution in [2.45, 2.75) is 0 Å². The number of anilines is 1. The highest BCUT2D eigenvalue weighted by Crippen LogP contribution is 2.28. The van der Waals surface area contributed by atoms with E-state index in [-0.39, 0.29) is 11.7 Å². The molecule has 2 aromatic carbocycles. The molecule has 0 heterocycles. The van der Waals surface area contributed by atoms with E-state index in [0.717, 1.165) is 0 Å². The summed E-state index contributed by atoms with van der Waals surface area (Å²) in [6.07, 6.45) is 0. The smallest absolute Gasteiger partial charge is 0.258 e. The fourth-order valence-corrected chi connectivity index (χ4v) is 2.19. The third-order valence-corrected chi connectivity index (χ3v) is 3.86. The summed E-state index contributed by atoms with van der Waals surface area (Å²) in [5.74, 6) is 0.518. The molecule has 0 aliphatic heterocycles. The minimum absolute atomic E-state index is 0.102. The van der Waals surface area contributed by atoms with E-state index >= 15 is 0 Å². The number of hydrogen-bond acceptors (Lipinski definition) is 3. The van der Waals surface area contributed by atoms with Crippen LogP contribution in [-0.4, -0.2) is 25.2 Å². The summed E-state index contributed by atoms with van der Waals surface area (Å²) in [4.78, 5) is 13.9. The van der Waals surface area contributed by atoms with Crippen molar-refractivity contribution in [3.63, 3.8) is 0 Å². The molecule has 0 saturated heterocycles. The molecule has 104 valence electrons. The van der Waals surface area contributed by atoms with Gasteiger partial charge in [0.15, 0.2) is 0 Å². The van der Waals surface area contributed by atoms with E-state index in [0.29, 0.717) is 20.6 Å². The van der Waals surface area contributed by atoms with Gasteiger partial charge in [-0.3, -0.25) is 4.79 Å². The standard InChI is InChI=1S/C15H14INO3/c1-17(12-5-3-4-6-14(12)20-2)15(19)10-7-8-11(16)13(18)9-10/h3-9,18H,1-2H3. The maximum absolute atomic E-state index is 12.4. The van der Waals surface area contributed by atoms with Crippen molar-refractivity contribution in [1.82, 2.24) is 0 Å². The van der Waals surface area contributed by atoms with Crippen LogP contribution in [0.2, 0.25) is 0 Å². The highest BCUT2D eigenvalue weighted by Gasteiger charge is 2.17. The summed E-state index contributed by atoms with van der Waals surface area (Å²) >= 11 is 2.01. The van der Waals surface area contributed by atoms with Crippen LogP contribution in [0, 0.1) is 3.57 Å². The van der Waals surface area contributed by atoms with Crippen molar-refractivity contribution in [3.05, 3.63) is 51.6 Å². The Hall–Kier alpha value is -1.76. The highest BCUT2D eigenvalue weighted by atomic mass is 127. The number of phenolic OH excluding ortho intramolecular Hbond substituents is 1. The number of nitrogens with zero attached hydrogens (tertiary/aromatic N) is 1. The Bertz CT molecular complexity index is 643. The summed E-state index contributed by atoms with van der Waals surface area (Å²) in [5.41, 5.74) is 1.11. The zero-order valence-electron chi connectivity index (χ0n) is 11.1. The second-order valence-electron chi connectivity index (χ2n) is 4.20. The van der Waals surface area contributed by atoms with E-state index < -0.39 is 0 Å². The van der Waals surface area contributed by atoms with Gasteiger partial charge in [-0.2, -0.15) is 0 Å². The number of benzene rings is 2. The Kier molecular flexibility index (Phi) is 4.49. The summed E-state index contributed by atoms with van der Waals surface area (Å²) in [7, 11) is 3.24. The van der Waals surface area contributed by atoms with Crippen LogP contribution in [0.25, 0.3) is 0 Å². The first-order valence-corrected chi connectivity index (χ1v) is 7.02. The van der Waals surface area contributed by atoms with Crippen LogP contribution in [0.1, 0.15) is 10.4 Å². The Morgan fingerprint density at radius 1 is 1.25 bits per heavy atom. The number of phenols is 1. The third kappa shape index (κ3) is 2.87. The summed E-state index contributed by atoms with van der Waals surface area (Å²) in [5, 5.41) is 9.70. The van der Waals surface area contributed by atoms with Crippen LogP contribution in [0.3, 0.4) is 0 Å². The number of hydrogen-bond donors (Lipinski definition) is 1. The van der Waals surface area contributed by atoms with Crippen LogP contribution < -0.4 is 9.64 Å². The van der Waals surface area contributed by atoms with E-state index in [2.05, 4.69) is 0 Å². The van der Waals surface area contributed by atoms with Gasteiger partial charge >= 0.3 is 0 Å². The third-order valence-electron chi connectivity index (χ3n) is 2.94. The van der Waals surface area contributed by atoms with Crippen molar-refractivity contribution in [2.75, 3.05) is 19.1 Å². The highest BCUT2D eigenvalue weighted by molar-refractivity contribution is 14.1. The van der Waals surface area contributed by atoms with Gasteiger partial charge in [-0.25, -0.2) is 0 Å². The molecule has 1 N–H and O–H groups in total. The normalized spacial score (nSPS) is 10.2. The molecule has 0 saturated carbocycles. The molecule has 20 heavy (non-hydrogen) atoms. The van der Waals surface area contributed by atoms with Gasteiger partial charge in [0, 0.05) is 12.6 Å². The van der Waals surface area contributed by atoms with Crippen molar-refractivity contribution < 1.29 is 14.6 Å². The summed E-state index contributed by atoms with van der Waals surface area (Å²) in [6.45, 7) is 0. The zero-order valence-corrected chi connectivity index (χ0v) is 13.3. The topological polar surface area (TPSA) is 49.8 Å². The van der Waals surface area contributed by atoms with E-state index in [9.17, 15) is 9.90 Å². The number of amides is 1. The Morgan fingerprint density at radius 2 is 1.95 bits per heavy atom. The molecule has 0 radical (unpaired) electrons. The maximum Gasteiger partial charge on any atom is 0.258 e. The van der Waals surface area contributed by atoms with Crippen LogP contribution in [0.4, 0.5) is 5.69 Å². The Morgan fingerprint density at radius 3 is 2.60 bits per heavy atom. The molecule has 2 rings (SSSR count). The SMILES string of the molecule is COc1ccccc1N(C)C(=O)c1ccc(I)c(O)c1. The monoisotopic (exact) mass is 383 g/mol. The number of methoxy groups -OCH3 is 1. The van der Waals surface area contributed by atoms with Crippen molar-refractivity contribution in [2.24, 2.45) is 0 Å². The van der Waals surface area contributed by atoms with Crippen molar-refractivity contribution in [3.8, 4) is 11.5 Å². The minimum atomic E-state index is -0.207. The number of carbonyl (C=O) groups excluding carboxylic acids is 1. The van der Waals surface area contributed by atoms with Gasteiger partial charge in [0.05, 0.1) is 16.4 Å². The van der Waals surface area contributed by atoms with Crippen LogP contribution >= 0.6 is 22.6 Å². The average molecular weight is 383 g/mol. The van der Waals surface area contributed by atoms with Gasteiger partial charge in [-0.1, -0.05) is 12.1 Å². The molecule has 0 aliphatic rings. The molecule has 0 fully saturated rings. The first kappa shape index (κ1) is 14.6. The quantitative estimate of drug-likeness (QED) is 0.828. The lowest BCUT2D eigenvalue weighted by Gasteiger charge is -2.20. The lowest BCUT2D eigenvalue weighted by molar-refractivity contribution is 0.0992. The average Bonchev–Trinajstić information content (AvgIpc) is 2.48. The van der Waals surface area contributed by atoms with Crippen LogP contribution in [0.15, 0.2) is 42.5 Å². The number of aromatic hydroxyl groups is 1. The van der Waals surface area contributed by atoms with Crippen molar-refractivity contribution in [1.29, 1.82) is 0 Å². The van der Waals surface area contributed by atoms with E-state index in [1.54, 1.807) is 32.4 Å². The number of para-hydroxylation sites is 2. The molecule has 5 heteroatoms. The van der Waals surface area contributed by atoms with Gasteiger partial charge in [0.25, 0.3) is 5.91 Å². The number of ether oxygens (including phenoxy) is 1. The largest absolute Gasteiger partial charge is 0.507 e. The minimum Gasteiger partial charge on any atom is -0.507 e. The van der Waals surface area contributed by atoms with Gasteiger partial charge in [0.1, 0.15) is 11.5 Å². The molecular weight excluding hydrogens is 369 g/mol. The first-order valence-electron chi connectivity index (χ1n) is 5.94. The predicted octanol–water partition coefficient (Wildman–Crippen LogP) is 3.28. The van der Waals surface area contributed by atoms with Crippen LogP contribution in [0.5, 0.6) is 11.5 Å². The van der Waals surface area contributed by atoms with E-state index in [4.69, 9.17) is 4.74 Å². The Balaban J connectivity index is 2.34. The molecule has 0 spiro atoms. The van der Waals surface area contributed by atoms with Gasteiger partial charge in [-0.05, 0) is 52.9 Å². The first-order chi connectivity index (χ1) is 9.54. The van der Waals surface area contributed by atoms with Crippen molar-refractivity contribution >= 4 is 34.2 Å². The molecule has 0 aromatic heterocycles. The lowest BCUT2D eigenvalue weighted by atomic mass is 10.1. The fourth-order valence-electron chi connectivity index (χ4n) is 1.86. The molecule has 2 aromatic rings. The summed E-state index contributed by atoms with van der Waals surface area (Å²) < 4.78 is 5.96. The van der Waals surface area contributed by atoms with Gasteiger partial charge in [-0.15, -0.1) is 0 Å². The second-order valence-corrected chi connectivity index (χ2v) is 5.36. The predicted molar refractivity (Wildman–Crippen MR) is 86.6 cm³/mol. The van der Waals surface area contributed by atoms with Gasteiger partial charge < -0.3 is 14.7 Å². The molecule has 4 nitrogen and oxygen atoms in total. The summed E-state index contributed by atoms with van der Waals surface area (Å²) in [6, 6.07) is 12.2. The number of rotatable bonds is 3. The maximum atomic E-state index is 12.4. The van der Waals surface area contributed by atoms with Gasteiger partial charge in [0.2, 0.25) is 0 Å². The molecule has 0 unspecified atom stereocenters.